The quantitative estimate of drug-likeness (QED) is 0.655. The lowest BCUT2D eigenvalue weighted by Crippen LogP contribution is -2.10. The summed E-state index contributed by atoms with van der Waals surface area (Å²) in [5.74, 6) is -0.653. The van der Waals surface area contributed by atoms with E-state index in [4.69, 9.17) is 5.73 Å². The van der Waals surface area contributed by atoms with Gasteiger partial charge in [0.05, 0.1) is 5.56 Å². The molecule has 1 atom stereocenters. The molecule has 0 bridgehead atoms. The molecule has 106 valence electrons. The summed E-state index contributed by atoms with van der Waals surface area (Å²) in [6.07, 6.45) is -5.94. The van der Waals surface area contributed by atoms with E-state index < -0.39 is 23.7 Å². The highest BCUT2D eigenvalue weighted by molar-refractivity contribution is 5.53. The molecule has 0 radical (unpaired) electrons. The second kappa shape index (κ2) is 5.13. The van der Waals surface area contributed by atoms with E-state index in [-0.39, 0.29) is 16.8 Å². The average molecular weight is 285 g/mol. The van der Waals surface area contributed by atoms with Crippen molar-refractivity contribution in [2.24, 2.45) is 0 Å². The molecular formula is C14H11F4NO. The third-order valence-corrected chi connectivity index (χ3v) is 2.91. The molecule has 0 saturated carbocycles. The van der Waals surface area contributed by atoms with E-state index in [1.165, 1.54) is 18.2 Å². The highest BCUT2D eigenvalue weighted by Crippen LogP contribution is 2.34. The molecule has 2 rings (SSSR count). The Labute approximate surface area is 112 Å². The molecule has 0 fully saturated rings. The predicted molar refractivity (Wildman–Crippen MR) is 66.3 cm³/mol. The van der Waals surface area contributed by atoms with Crippen molar-refractivity contribution in [3.05, 3.63) is 65.0 Å². The lowest BCUT2D eigenvalue weighted by atomic mass is 9.98. The van der Waals surface area contributed by atoms with Gasteiger partial charge in [-0.2, -0.15) is 13.2 Å². The van der Waals surface area contributed by atoms with Crippen LogP contribution < -0.4 is 5.73 Å². The highest BCUT2D eigenvalue weighted by Gasteiger charge is 2.31. The largest absolute Gasteiger partial charge is 0.416 e. The standard InChI is InChI=1S/C14H11F4NO/c15-11-4-2-1-3-9(11)13(20)10-6-5-8(7-12(10)19)14(16,17)18/h1-7,13,20H,19H2. The first-order chi connectivity index (χ1) is 9.30. The molecule has 0 aliphatic carbocycles. The number of anilines is 1. The fraction of sp³-hybridized carbons (Fsp3) is 0.143. The van der Waals surface area contributed by atoms with Crippen LogP contribution in [0.4, 0.5) is 23.2 Å². The SMILES string of the molecule is Nc1cc(C(F)(F)F)ccc1C(O)c1ccccc1F. The second-order valence-electron chi connectivity index (χ2n) is 4.27. The molecule has 0 saturated heterocycles. The summed E-state index contributed by atoms with van der Waals surface area (Å²) in [4.78, 5) is 0. The smallest absolute Gasteiger partial charge is 0.398 e. The summed E-state index contributed by atoms with van der Waals surface area (Å²) < 4.78 is 51.1. The topological polar surface area (TPSA) is 46.2 Å². The van der Waals surface area contributed by atoms with Gasteiger partial charge >= 0.3 is 6.18 Å². The lowest BCUT2D eigenvalue weighted by Gasteiger charge is -2.16. The first-order valence-corrected chi connectivity index (χ1v) is 5.70. The minimum Gasteiger partial charge on any atom is -0.398 e. The Bertz CT molecular complexity index is 625. The molecule has 0 amide bonds. The number of hydrogen-bond donors (Lipinski definition) is 2. The summed E-state index contributed by atoms with van der Waals surface area (Å²) in [6, 6.07) is 8.03. The van der Waals surface area contributed by atoms with Crippen molar-refractivity contribution in [2.75, 3.05) is 5.73 Å². The Hall–Kier alpha value is -2.08. The van der Waals surface area contributed by atoms with Gasteiger partial charge in [-0.1, -0.05) is 24.3 Å². The maximum atomic E-state index is 13.5. The van der Waals surface area contributed by atoms with Gasteiger partial charge in [0.1, 0.15) is 11.9 Å². The molecule has 0 aromatic heterocycles. The average Bonchev–Trinajstić information content (AvgIpc) is 2.37. The maximum Gasteiger partial charge on any atom is 0.416 e. The van der Waals surface area contributed by atoms with E-state index in [0.29, 0.717) is 0 Å². The maximum absolute atomic E-state index is 13.5. The van der Waals surface area contributed by atoms with Crippen LogP contribution in [-0.2, 0) is 6.18 Å². The van der Waals surface area contributed by atoms with Crippen LogP contribution in [-0.4, -0.2) is 5.11 Å². The summed E-state index contributed by atoms with van der Waals surface area (Å²) in [7, 11) is 0. The van der Waals surface area contributed by atoms with Gasteiger partial charge in [0.25, 0.3) is 0 Å². The molecule has 0 aliphatic heterocycles. The summed E-state index contributed by atoms with van der Waals surface area (Å²) in [5, 5.41) is 10.0. The van der Waals surface area contributed by atoms with Crippen molar-refractivity contribution in [1.82, 2.24) is 0 Å². The normalized spacial score (nSPS) is 13.2. The second-order valence-corrected chi connectivity index (χ2v) is 4.27. The van der Waals surface area contributed by atoms with Gasteiger partial charge in [0.15, 0.2) is 0 Å². The predicted octanol–water partition coefficient (Wildman–Crippen LogP) is 3.51. The van der Waals surface area contributed by atoms with Crippen LogP contribution in [0.1, 0.15) is 22.8 Å². The minimum atomic E-state index is -4.52. The van der Waals surface area contributed by atoms with Crippen molar-refractivity contribution in [2.45, 2.75) is 12.3 Å². The van der Waals surface area contributed by atoms with E-state index in [9.17, 15) is 22.7 Å². The molecule has 1 unspecified atom stereocenters. The Morgan fingerprint density at radius 2 is 1.65 bits per heavy atom. The summed E-state index contributed by atoms with van der Waals surface area (Å²) in [5.41, 5.74) is 4.35. The van der Waals surface area contributed by atoms with Crippen LogP contribution in [0.3, 0.4) is 0 Å². The van der Waals surface area contributed by atoms with Crippen molar-refractivity contribution in [3.63, 3.8) is 0 Å². The highest BCUT2D eigenvalue weighted by atomic mass is 19.4. The fourth-order valence-electron chi connectivity index (χ4n) is 1.86. The van der Waals surface area contributed by atoms with Gasteiger partial charge < -0.3 is 10.8 Å². The van der Waals surface area contributed by atoms with E-state index in [0.717, 1.165) is 24.3 Å². The molecule has 2 aromatic rings. The number of aliphatic hydroxyl groups is 1. The zero-order valence-corrected chi connectivity index (χ0v) is 10.2. The number of rotatable bonds is 2. The minimum absolute atomic E-state index is 0.0306. The van der Waals surface area contributed by atoms with Crippen molar-refractivity contribution < 1.29 is 22.7 Å². The first-order valence-electron chi connectivity index (χ1n) is 5.70. The Morgan fingerprint density at radius 3 is 2.20 bits per heavy atom. The fourth-order valence-corrected chi connectivity index (χ4v) is 1.86. The Balaban J connectivity index is 2.42. The summed E-state index contributed by atoms with van der Waals surface area (Å²) in [6.45, 7) is 0. The van der Waals surface area contributed by atoms with Gasteiger partial charge in [0, 0.05) is 16.8 Å². The molecule has 20 heavy (non-hydrogen) atoms. The van der Waals surface area contributed by atoms with Gasteiger partial charge in [0.2, 0.25) is 0 Å². The van der Waals surface area contributed by atoms with Gasteiger partial charge in [-0.05, 0) is 18.2 Å². The lowest BCUT2D eigenvalue weighted by molar-refractivity contribution is -0.137. The van der Waals surface area contributed by atoms with E-state index >= 15 is 0 Å². The van der Waals surface area contributed by atoms with Crippen LogP contribution >= 0.6 is 0 Å². The van der Waals surface area contributed by atoms with Gasteiger partial charge in [-0.25, -0.2) is 4.39 Å². The molecule has 2 aromatic carbocycles. The Kier molecular flexibility index (Phi) is 3.67. The molecule has 3 N–H and O–H groups in total. The van der Waals surface area contributed by atoms with Crippen molar-refractivity contribution in [3.8, 4) is 0 Å². The molecule has 6 heteroatoms. The number of nitrogens with two attached hydrogens (primary N) is 1. The molecular weight excluding hydrogens is 274 g/mol. The number of benzene rings is 2. The van der Waals surface area contributed by atoms with E-state index in [2.05, 4.69) is 0 Å². The van der Waals surface area contributed by atoms with Crippen LogP contribution in [0.15, 0.2) is 42.5 Å². The molecule has 0 aliphatic rings. The third-order valence-electron chi connectivity index (χ3n) is 2.91. The zero-order valence-electron chi connectivity index (χ0n) is 10.2. The molecule has 0 heterocycles. The zero-order chi connectivity index (χ0) is 14.9. The number of nitrogen functional groups attached to an aromatic ring is 1. The summed E-state index contributed by atoms with van der Waals surface area (Å²) >= 11 is 0. The first kappa shape index (κ1) is 14.3. The van der Waals surface area contributed by atoms with Gasteiger partial charge in [-0.3, -0.25) is 0 Å². The van der Waals surface area contributed by atoms with Crippen molar-refractivity contribution >= 4 is 5.69 Å². The van der Waals surface area contributed by atoms with Crippen LogP contribution in [0.25, 0.3) is 0 Å². The number of alkyl halides is 3. The van der Waals surface area contributed by atoms with Gasteiger partial charge in [-0.15, -0.1) is 0 Å². The van der Waals surface area contributed by atoms with E-state index in [1.54, 1.807) is 0 Å². The van der Waals surface area contributed by atoms with Crippen molar-refractivity contribution in [1.29, 1.82) is 0 Å². The van der Waals surface area contributed by atoms with Crippen LogP contribution in [0.2, 0.25) is 0 Å². The van der Waals surface area contributed by atoms with Crippen LogP contribution in [0.5, 0.6) is 0 Å². The number of hydrogen-bond acceptors (Lipinski definition) is 2. The van der Waals surface area contributed by atoms with Crippen LogP contribution in [0, 0.1) is 5.82 Å². The molecule has 0 spiro atoms. The number of aliphatic hydroxyl groups excluding tert-OH is 1. The number of halogens is 4. The van der Waals surface area contributed by atoms with E-state index in [1.807, 2.05) is 0 Å². The monoisotopic (exact) mass is 285 g/mol. The Morgan fingerprint density at radius 1 is 1.00 bits per heavy atom. The molecule has 2 nitrogen and oxygen atoms in total. The third kappa shape index (κ3) is 2.75.